The number of amides is 2. The SMILES string of the molecule is COc1ccc(C(=O)N2C[C@H]3CN(CC4CC4)C(=O)[C@H]3C2)c(OC)c1. The van der Waals surface area contributed by atoms with Crippen LogP contribution in [0, 0.1) is 17.8 Å². The lowest BCUT2D eigenvalue weighted by atomic mass is 10.0. The number of carbonyl (C=O) groups excluding carboxylic acids is 2. The van der Waals surface area contributed by atoms with Crippen molar-refractivity contribution in [2.75, 3.05) is 40.4 Å². The first-order chi connectivity index (χ1) is 12.1. The van der Waals surface area contributed by atoms with Crippen molar-refractivity contribution in [3.63, 3.8) is 0 Å². The molecule has 1 aromatic rings. The number of hydrogen-bond acceptors (Lipinski definition) is 4. The molecule has 25 heavy (non-hydrogen) atoms. The quantitative estimate of drug-likeness (QED) is 0.815. The summed E-state index contributed by atoms with van der Waals surface area (Å²) in [5.41, 5.74) is 0.519. The van der Waals surface area contributed by atoms with Crippen molar-refractivity contribution in [3.05, 3.63) is 23.8 Å². The van der Waals surface area contributed by atoms with Gasteiger partial charge >= 0.3 is 0 Å². The maximum Gasteiger partial charge on any atom is 0.257 e. The highest BCUT2D eigenvalue weighted by atomic mass is 16.5. The highest BCUT2D eigenvalue weighted by Crippen LogP contribution is 2.37. The van der Waals surface area contributed by atoms with Crippen LogP contribution < -0.4 is 9.47 Å². The zero-order valence-electron chi connectivity index (χ0n) is 14.7. The van der Waals surface area contributed by atoms with Crippen LogP contribution in [0.25, 0.3) is 0 Å². The molecule has 134 valence electrons. The number of nitrogens with zero attached hydrogens (tertiary/aromatic N) is 2. The maximum absolute atomic E-state index is 12.9. The molecule has 0 unspecified atom stereocenters. The Morgan fingerprint density at radius 3 is 2.60 bits per heavy atom. The molecule has 2 heterocycles. The lowest BCUT2D eigenvalue weighted by Crippen LogP contribution is -2.36. The second kappa shape index (κ2) is 6.24. The second-order valence-corrected chi connectivity index (χ2v) is 7.33. The molecule has 0 aromatic heterocycles. The van der Waals surface area contributed by atoms with Gasteiger partial charge in [0.15, 0.2) is 0 Å². The molecule has 0 bridgehead atoms. The van der Waals surface area contributed by atoms with E-state index >= 15 is 0 Å². The van der Waals surface area contributed by atoms with Gasteiger partial charge in [-0.1, -0.05) is 0 Å². The molecule has 2 amide bonds. The average Bonchev–Trinajstić information content (AvgIpc) is 3.28. The zero-order chi connectivity index (χ0) is 17.6. The minimum Gasteiger partial charge on any atom is -0.497 e. The molecular weight excluding hydrogens is 320 g/mol. The summed E-state index contributed by atoms with van der Waals surface area (Å²) in [7, 11) is 3.13. The van der Waals surface area contributed by atoms with Crippen molar-refractivity contribution >= 4 is 11.8 Å². The number of hydrogen-bond donors (Lipinski definition) is 0. The summed E-state index contributed by atoms with van der Waals surface area (Å²) in [4.78, 5) is 29.3. The van der Waals surface area contributed by atoms with Crippen LogP contribution in [0.15, 0.2) is 18.2 Å². The summed E-state index contributed by atoms with van der Waals surface area (Å²) in [6.07, 6.45) is 2.50. The minimum atomic E-state index is -0.0737. The van der Waals surface area contributed by atoms with E-state index in [-0.39, 0.29) is 23.7 Å². The number of methoxy groups -OCH3 is 2. The lowest BCUT2D eigenvalue weighted by molar-refractivity contribution is -0.131. The van der Waals surface area contributed by atoms with Crippen molar-refractivity contribution in [1.29, 1.82) is 0 Å². The second-order valence-electron chi connectivity index (χ2n) is 7.33. The number of benzene rings is 1. The third-order valence-electron chi connectivity index (χ3n) is 5.63. The van der Waals surface area contributed by atoms with Crippen LogP contribution in [0.3, 0.4) is 0 Å². The van der Waals surface area contributed by atoms with Crippen LogP contribution in [-0.4, -0.2) is 62.0 Å². The first-order valence-electron chi connectivity index (χ1n) is 8.90. The van der Waals surface area contributed by atoms with E-state index in [1.54, 1.807) is 37.3 Å². The molecule has 2 aliphatic heterocycles. The predicted octanol–water partition coefficient (Wildman–Crippen LogP) is 1.64. The molecule has 1 aromatic carbocycles. The summed E-state index contributed by atoms with van der Waals surface area (Å²) in [6.45, 7) is 2.86. The van der Waals surface area contributed by atoms with Gasteiger partial charge in [0.2, 0.25) is 5.91 Å². The molecule has 0 N–H and O–H groups in total. The number of likely N-dealkylation sites (tertiary alicyclic amines) is 2. The lowest BCUT2D eigenvalue weighted by Gasteiger charge is -2.22. The average molecular weight is 344 g/mol. The summed E-state index contributed by atoms with van der Waals surface area (Å²) < 4.78 is 10.5. The van der Waals surface area contributed by atoms with Gasteiger partial charge in [-0.2, -0.15) is 0 Å². The third-order valence-corrected chi connectivity index (χ3v) is 5.63. The van der Waals surface area contributed by atoms with Crippen LogP contribution in [0.4, 0.5) is 0 Å². The Morgan fingerprint density at radius 2 is 1.96 bits per heavy atom. The van der Waals surface area contributed by atoms with Crippen molar-refractivity contribution in [2.24, 2.45) is 17.8 Å². The van der Waals surface area contributed by atoms with Crippen LogP contribution in [-0.2, 0) is 4.79 Å². The largest absolute Gasteiger partial charge is 0.497 e. The van der Waals surface area contributed by atoms with Crippen LogP contribution in [0.5, 0.6) is 11.5 Å². The van der Waals surface area contributed by atoms with E-state index < -0.39 is 0 Å². The van der Waals surface area contributed by atoms with Gasteiger partial charge in [0, 0.05) is 38.2 Å². The van der Waals surface area contributed by atoms with Gasteiger partial charge in [-0.3, -0.25) is 9.59 Å². The monoisotopic (exact) mass is 344 g/mol. The highest BCUT2D eigenvalue weighted by Gasteiger charge is 2.48. The summed E-state index contributed by atoms with van der Waals surface area (Å²) in [6, 6.07) is 5.21. The van der Waals surface area contributed by atoms with Gasteiger partial charge < -0.3 is 19.3 Å². The van der Waals surface area contributed by atoms with E-state index in [4.69, 9.17) is 9.47 Å². The van der Waals surface area contributed by atoms with Crippen molar-refractivity contribution in [3.8, 4) is 11.5 Å². The molecule has 3 fully saturated rings. The molecule has 6 heteroatoms. The molecule has 6 nitrogen and oxygen atoms in total. The molecule has 2 atom stereocenters. The van der Waals surface area contributed by atoms with Gasteiger partial charge in [0.25, 0.3) is 5.91 Å². The molecule has 4 rings (SSSR count). The van der Waals surface area contributed by atoms with Crippen LogP contribution in [0.1, 0.15) is 23.2 Å². The first kappa shape index (κ1) is 16.2. The first-order valence-corrected chi connectivity index (χ1v) is 8.90. The van der Waals surface area contributed by atoms with E-state index in [2.05, 4.69) is 0 Å². The fourth-order valence-corrected chi connectivity index (χ4v) is 4.03. The molecule has 0 spiro atoms. The van der Waals surface area contributed by atoms with Crippen molar-refractivity contribution in [1.82, 2.24) is 9.80 Å². The fraction of sp³-hybridized carbons (Fsp3) is 0.579. The summed E-state index contributed by atoms with van der Waals surface area (Å²) in [5.74, 6) is 2.25. The Bertz CT molecular complexity index is 701. The maximum atomic E-state index is 12.9. The van der Waals surface area contributed by atoms with Gasteiger partial charge in [-0.05, 0) is 30.9 Å². The Labute approximate surface area is 147 Å². The van der Waals surface area contributed by atoms with Crippen LogP contribution >= 0.6 is 0 Å². The smallest absolute Gasteiger partial charge is 0.257 e. The van der Waals surface area contributed by atoms with E-state index in [1.165, 1.54) is 12.8 Å². The van der Waals surface area contributed by atoms with Crippen molar-refractivity contribution < 1.29 is 19.1 Å². The van der Waals surface area contributed by atoms with Gasteiger partial charge in [-0.25, -0.2) is 0 Å². The van der Waals surface area contributed by atoms with Gasteiger partial charge in [0.1, 0.15) is 11.5 Å². The fourth-order valence-electron chi connectivity index (χ4n) is 4.03. The molecule has 1 aliphatic carbocycles. The standard InChI is InChI=1S/C19H24N2O4/c1-24-14-5-6-15(17(7-14)25-2)18(22)21-10-13-9-20(8-12-3-4-12)19(23)16(13)11-21/h5-7,12-13,16H,3-4,8-11H2,1-2H3/t13-,16+/m1/s1. The zero-order valence-corrected chi connectivity index (χ0v) is 14.7. The van der Waals surface area contributed by atoms with Gasteiger partial charge in [0.05, 0.1) is 25.7 Å². The topological polar surface area (TPSA) is 59.1 Å². The summed E-state index contributed by atoms with van der Waals surface area (Å²) in [5, 5.41) is 0. The molecule has 1 saturated carbocycles. The van der Waals surface area contributed by atoms with Crippen LogP contribution in [0.2, 0.25) is 0 Å². The number of carbonyl (C=O) groups is 2. The number of fused-ring (bicyclic) bond motifs is 1. The Balaban J connectivity index is 1.46. The highest BCUT2D eigenvalue weighted by molar-refractivity contribution is 5.98. The van der Waals surface area contributed by atoms with E-state index in [0.717, 1.165) is 13.1 Å². The Morgan fingerprint density at radius 1 is 1.16 bits per heavy atom. The van der Waals surface area contributed by atoms with E-state index in [9.17, 15) is 9.59 Å². The third kappa shape index (κ3) is 2.94. The Kier molecular flexibility index (Phi) is 4.06. The van der Waals surface area contributed by atoms with Crippen molar-refractivity contribution in [2.45, 2.75) is 12.8 Å². The van der Waals surface area contributed by atoms with Gasteiger partial charge in [-0.15, -0.1) is 0 Å². The molecule has 3 aliphatic rings. The minimum absolute atomic E-state index is 0.0352. The molecule has 2 saturated heterocycles. The number of rotatable bonds is 5. The molecule has 0 radical (unpaired) electrons. The van der Waals surface area contributed by atoms with E-state index in [1.807, 2.05) is 4.90 Å². The number of ether oxygens (including phenoxy) is 2. The Hall–Kier alpha value is -2.24. The molecular formula is C19H24N2O4. The predicted molar refractivity (Wildman–Crippen MR) is 91.7 cm³/mol. The normalized spacial score (nSPS) is 25.3. The van der Waals surface area contributed by atoms with E-state index in [0.29, 0.717) is 36.1 Å². The summed E-state index contributed by atoms with van der Waals surface area (Å²) >= 11 is 0.